The molecule has 2 aromatic heterocycles. The van der Waals surface area contributed by atoms with Crippen LogP contribution in [0.25, 0.3) is 0 Å². The van der Waals surface area contributed by atoms with Crippen LogP contribution >= 0.6 is 11.3 Å². The molecule has 0 aliphatic heterocycles. The molecular formula is C11H14N4O2S. The van der Waals surface area contributed by atoms with Crippen LogP contribution in [-0.4, -0.2) is 32.4 Å². The highest BCUT2D eigenvalue weighted by atomic mass is 32.1. The zero-order valence-electron chi connectivity index (χ0n) is 9.74. The Hall–Kier alpha value is -1.73. The number of hydrogen-bond donors (Lipinski definition) is 2. The molecule has 0 unspecified atom stereocenters. The summed E-state index contributed by atoms with van der Waals surface area (Å²) in [6.07, 6.45) is 4.66. The van der Waals surface area contributed by atoms with E-state index in [2.05, 4.69) is 15.4 Å². The van der Waals surface area contributed by atoms with Gasteiger partial charge in [0.1, 0.15) is 0 Å². The van der Waals surface area contributed by atoms with Gasteiger partial charge in [-0.1, -0.05) is 0 Å². The first-order valence-electron chi connectivity index (χ1n) is 5.61. The number of aromatic nitrogens is 3. The van der Waals surface area contributed by atoms with E-state index in [0.29, 0.717) is 6.54 Å². The van der Waals surface area contributed by atoms with E-state index in [1.54, 1.807) is 11.6 Å². The number of aryl methyl sites for hydroxylation is 1. The topological polar surface area (TPSA) is 80.0 Å². The van der Waals surface area contributed by atoms with Crippen molar-refractivity contribution in [3.63, 3.8) is 0 Å². The highest BCUT2D eigenvalue weighted by Gasteiger charge is 2.07. The van der Waals surface area contributed by atoms with E-state index < -0.39 is 5.97 Å². The smallest absolute Gasteiger partial charge is 0.365 e. The molecule has 96 valence electrons. The van der Waals surface area contributed by atoms with Gasteiger partial charge in [0.2, 0.25) is 5.01 Å². The Morgan fingerprint density at radius 1 is 1.56 bits per heavy atom. The van der Waals surface area contributed by atoms with Crippen LogP contribution in [0.1, 0.15) is 21.9 Å². The number of carboxylic acid groups (broad SMARTS) is 1. The van der Waals surface area contributed by atoms with E-state index >= 15 is 0 Å². The summed E-state index contributed by atoms with van der Waals surface area (Å²) >= 11 is 1.15. The molecule has 0 amide bonds. The molecule has 0 aromatic carbocycles. The van der Waals surface area contributed by atoms with Crippen molar-refractivity contribution in [1.82, 2.24) is 20.1 Å². The summed E-state index contributed by atoms with van der Waals surface area (Å²) in [6, 6.07) is 1.90. The largest absolute Gasteiger partial charge is 0.476 e. The minimum absolute atomic E-state index is 0.142. The van der Waals surface area contributed by atoms with Gasteiger partial charge in [0, 0.05) is 30.9 Å². The molecular weight excluding hydrogens is 252 g/mol. The van der Waals surface area contributed by atoms with Crippen molar-refractivity contribution < 1.29 is 9.90 Å². The first-order chi connectivity index (χ1) is 8.75. The fraction of sp³-hybridized carbons (Fsp3) is 0.364. The van der Waals surface area contributed by atoms with E-state index in [1.165, 1.54) is 0 Å². The van der Waals surface area contributed by atoms with Crippen LogP contribution in [0.2, 0.25) is 0 Å². The second-order valence-corrected chi connectivity index (χ2v) is 4.61. The van der Waals surface area contributed by atoms with Crippen LogP contribution in [0.4, 0.5) is 0 Å². The average Bonchev–Trinajstić information content (AvgIpc) is 2.98. The molecule has 7 heteroatoms. The summed E-state index contributed by atoms with van der Waals surface area (Å²) in [5.74, 6) is -0.968. The molecule has 2 N–H and O–H groups in total. The second kappa shape index (κ2) is 6.27. The standard InChI is InChI=1S/C11H14N4O2S/c16-11(17)10-14-9(8-18-10)7-12-3-1-5-15-6-2-4-13-15/h2,4,6,8,12H,1,3,5,7H2,(H,16,17). The summed E-state index contributed by atoms with van der Waals surface area (Å²) in [7, 11) is 0. The van der Waals surface area contributed by atoms with Gasteiger partial charge < -0.3 is 10.4 Å². The number of nitrogens with one attached hydrogen (secondary N) is 1. The van der Waals surface area contributed by atoms with Gasteiger partial charge in [0.25, 0.3) is 0 Å². The second-order valence-electron chi connectivity index (χ2n) is 3.75. The minimum atomic E-state index is -0.968. The fourth-order valence-corrected chi connectivity index (χ4v) is 2.16. The predicted molar refractivity (Wildman–Crippen MR) is 67.6 cm³/mol. The molecule has 18 heavy (non-hydrogen) atoms. The molecule has 0 spiro atoms. The lowest BCUT2D eigenvalue weighted by Crippen LogP contribution is -2.17. The fourth-order valence-electron chi connectivity index (χ4n) is 1.50. The van der Waals surface area contributed by atoms with Crippen molar-refractivity contribution in [1.29, 1.82) is 0 Å². The van der Waals surface area contributed by atoms with Gasteiger partial charge in [0.05, 0.1) is 5.69 Å². The van der Waals surface area contributed by atoms with E-state index in [1.807, 2.05) is 16.9 Å². The molecule has 0 fully saturated rings. The average molecular weight is 266 g/mol. The van der Waals surface area contributed by atoms with Crippen LogP contribution < -0.4 is 5.32 Å². The van der Waals surface area contributed by atoms with Crippen LogP contribution in [0, 0.1) is 0 Å². The van der Waals surface area contributed by atoms with Gasteiger partial charge in [-0.05, 0) is 19.0 Å². The Morgan fingerprint density at radius 2 is 2.44 bits per heavy atom. The quantitative estimate of drug-likeness (QED) is 0.736. The third-order valence-electron chi connectivity index (χ3n) is 2.34. The lowest BCUT2D eigenvalue weighted by molar-refractivity contribution is 0.0696. The molecule has 0 bridgehead atoms. The molecule has 6 nitrogen and oxygen atoms in total. The maximum atomic E-state index is 10.6. The van der Waals surface area contributed by atoms with Gasteiger partial charge >= 0.3 is 5.97 Å². The van der Waals surface area contributed by atoms with Crippen molar-refractivity contribution in [3.05, 3.63) is 34.5 Å². The molecule has 0 atom stereocenters. The summed E-state index contributed by atoms with van der Waals surface area (Å²) in [4.78, 5) is 14.6. The third kappa shape index (κ3) is 3.64. The molecule has 2 aromatic rings. The molecule has 2 rings (SSSR count). The molecule has 0 aliphatic rings. The normalized spacial score (nSPS) is 10.7. The van der Waals surface area contributed by atoms with Gasteiger partial charge in [-0.2, -0.15) is 5.10 Å². The number of carboxylic acids is 1. The number of nitrogens with zero attached hydrogens (tertiary/aromatic N) is 3. The molecule has 0 radical (unpaired) electrons. The van der Waals surface area contributed by atoms with Gasteiger partial charge in [-0.15, -0.1) is 11.3 Å². The maximum absolute atomic E-state index is 10.6. The van der Waals surface area contributed by atoms with Crippen LogP contribution in [0.15, 0.2) is 23.8 Å². The van der Waals surface area contributed by atoms with E-state index in [-0.39, 0.29) is 5.01 Å². The number of carbonyl (C=O) groups is 1. The first kappa shape index (κ1) is 12.7. The Kier molecular flexibility index (Phi) is 4.43. The number of aromatic carboxylic acids is 1. The zero-order valence-corrected chi connectivity index (χ0v) is 10.6. The first-order valence-corrected chi connectivity index (χ1v) is 6.49. The van der Waals surface area contributed by atoms with Crippen molar-refractivity contribution in [3.8, 4) is 0 Å². The summed E-state index contributed by atoms with van der Waals surface area (Å²) in [5, 5.41) is 18.0. The molecule has 2 heterocycles. The van der Waals surface area contributed by atoms with Gasteiger partial charge in [0.15, 0.2) is 0 Å². The molecule has 0 saturated carbocycles. The van der Waals surface area contributed by atoms with Gasteiger partial charge in [-0.25, -0.2) is 9.78 Å². The van der Waals surface area contributed by atoms with Crippen molar-refractivity contribution in [2.75, 3.05) is 6.54 Å². The molecule has 0 saturated heterocycles. The number of hydrogen-bond acceptors (Lipinski definition) is 5. The number of rotatable bonds is 7. The van der Waals surface area contributed by atoms with E-state index in [0.717, 1.165) is 36.5 Å². The Bertz CT molecular complexity index is 495. The molecule has 0 aliphatic carbocycles. The zero-order chi connectivity index (χ0) is 12.8. The van der Waals surface area contributed by atoms with E-state index in [9.17, 15) is 4.79 Å². The minimum Gasteiger partial charge on any atom is -0.476 e. The summed E-state index contributed by atoms with van der Waals surface area (Å²) in [6.45, 7) is 2.32. The van der Waals surface area contributed by atoms with Crippen molar-refractivity contribution in [2.24, 2.45) is 0 Å². The van der Waals surface area contributed by atoms with Crippen LogP contribution in [-0.2, 0) is 13.1 Å². The van der Waals surface area contributed by atoms with Crippen LogP contribution in [0.5, 0.6) is 0 Å². The van der Waals surface area contributed by atoms with E-state index in [4.69, 9.17) is 5.11 Å². The highest BCUT2D eigenvalue weighted by molar-refractivity contribution is 7.11. The van der Waals surface area contributed by atoms with Crippen LogP contribution in [0.3, 0.4) is 0 Å². The SMILES string of the molecule is O=C(O)c1nc(CNCCCn2cccn2)cs1. The highest BCUT2D eigenvalue weighted by Crippen LogP contribution is 2.09. The Labute approximate surface area is 108 Å². The third-order valence-corrected chi connectivity index (χ3v) is 3.22. The predicted octanol–water partition coefficient (Wildman–Crippen LogP) is 1.22. The van der Waals surface area contributed by atoms with Crippen molar-refractivity contribution >= 4 is 17.3 Å². The lowest BCUT2D eigenvalue weighted by Gasteiger charge is -2.03. The Morgan fingerprint density at radius 3 is 3.11 bits per heavy atom. The Balaban J connectivity index is 1.64. The maximum Gasteiger partial charge on any atom is 0.365 e. The van der Waals surface area contributed by atoms with Crippen molar-refractivity contribution in [2.45, 2.75) is 19.5 Å². The summed E-state index contributed by atoms with van der Waals surface area (Å²) < 4.78 is 1.88. The monoisotopic (exact) mass is 266 g/mol. The summed E-state index contributed by atoms with van der Waals surface area (Å²) in [5.41, 5.74) is 0.775. The number of thiazole rings is 1. The van der Waals surface area contributed by atoms with Gasteiger partial charge in [-0.3, -0.25) is 4.68 Å². The lowest BCUT2D eigenvalue weighted by atomic mass is 10.4.